The largest absolute Gasteiger partial charge is 0.455 e. The maximum Gasteiger partial charge on any atom is 0.143 e. The fraction of sp³-hybridized carbons (Fsp3) is 0. The Bertz CT molecular complexity index is 3610. The van der Waals surface area contributed by atoms with Crippen molar-refractivity contribution in [2.75, 3.05) is 4.90 Å². The molecule has 0 radical (unpaired) electrons. The van der Waals surface area contributed by atoms with E-state index in [1.165, 1.54) is 66.1 Å². The number of nitrogens with zero attached hydrogens (tertiary/aromatic N) is 1. The first kappa shape index (κ1) is 37.3. The topological polar surface area (TPSA) is 16.4 Å². The van der Waals surface area contributed by atoms with Crippen molar-refractivity contribution in [2.45, 2.75) is 0 Å². The highest BCUT2D eigenvalue weighted by Gasteiger charge is 2.16. The van der Waals surface area contributed by atoms with Crippen molar-refractivity contribution in [3.05, 3.63) is 249 Å². The van der Waals surface area contributed by atoms with Crippen LogP contribution in [-0.4, -0.2) is 0 Å². The molecule has 11 aromatic carbocycles. The number of anilines is 3. The molecule has 0 bridgehead atoms. The first-order chi connectivity index (χ1) is 31.7. The van der Waals surface area contributed by atoms with Gasteiger partial charge < -0.3 is 9.32 Å². The molecule has 0 unspecified atom stereocenters. The predicted octanol–water partition coefficient (Wildman–Crippen LogP) is 17.7. The molecule has 0 saturated heterocycles. The number of hydrogen-bond acceptors (Lipinski definition) is 2. The van der Waals surface area contributed by atoms with Gasteiger partial charge in [-0.3, -0.25) is 0 Å². The summed E-state index contributed by atoms with van der Waals surface area (Å²) in [6.07, 6.45) is 0. The highest BCUT2D eigenvalue weighted by Crippen LogP contribution is 2.41. The quantitative estimate of drug-likeness (QED) is 0.152. The molecule has 2 heteroatoms. The number of para-hydroxylation sites is 2. The van der Waals surface area contributed by atoms with Crippen LogP contribution in [0.25, 0.3) is 99.1 Å². The van der Waals surface area contributed by atoms with E-state index in [0.29, 0.717) is 0 Å². The molecule has 0 fully saturated rings. The van der Waals surface area contributed by atoms with Crippen molar-refractivity contribution in [3.63, 3.8) is 0 Å². The third-order valence-electron chi connectivity index (χ3n) is 12.7. The summed E-state index contributed by atoms with van der Waals surface area (Å²) in [5, 5.41) is 7.29. The van der Waals surface area contributed by atoms with E-state index in [2.05, 4.69) is 241 Å². The van der Waals surface area contributed by atoms with E-state index >= 15 is 0 Å². The van der Waals surface area contributed by atoms with Crippen molar-refractivity contribution in [1.29, 1.82) is 0 Å². The Labute approximate surface area is 372 Å². The summed E-state index contributed by atoms with van der Waals surface area (Å²) < 4.78 is 6.42. The Balaban J connectivity index is 0.853. The van der Waals surface area contributed by atoms with Gasteiger partial charge in [-0.15, -0.1) is 0 Å². The minimum Gasteiger partial charge on any atom is -0.455 e. The summed E-state index contributed by atoms with van der Waals surface area (Å²) in [7, 11) is 0. The first-order valence-corrected chi connectivity index (χ1v) is 21.9. The van der Waals surface area contributed by atoms with Crippen molar-refractivity contribution >= 4 is 60.5 Å². The summed E-state index contributed by atoms with van der Waals surface area (Å²) in [5.41, 5.74) is 16.9. The van der Waals surface area contributed by atoms with Gasteiger partial charge in [0.05, 0.1) is 0 Å². The fourth-order valence-corrected chi connectivity index (χ4v) is 9.36. The molecular weight excluding hydrogens is 775 g/mol. The Morgan fingerprint density at radius 2 is 0.656 bits per heavy atom. The van der Waals surface area contributed by atoms with Gasteiger partial charge in [-0.25, -0.2) is 0 Å². The molecule has 0 aliphatic carbocycles. The highest BCUT2D eigenvalue weighted by atomic mass is 16.3. The van der Waals surface area contributed by atoms with Gasteiger partial charge in [-0.1, -0.05) is 200 Å². The van der Waals surface area contributed by atoms with Gasteiger partial charge in [0.25, 0.3) is 0 Å². The summed E-state index contributed by atoms with van der Waals surface area (Å²) in [5.74, 6) is 0. The van der Waals surface area contributed by atoms with Crippen molar-refractivity contribution < 1.29 is 4.42 Å². The van der Waals surface area contributed by atoms with Gasteiger partial charge >= 0.3 is 0 Å². The van der Waals surface area contributed by atoms with Crippen LogP contribution in [0.2, 0.25) is 0 Å². The van der Waals surface area contributed by atoms with Crippen LogP contribution in [0.3, 0.4) is 0 Å². The molecule has 1 aromatic heterocycles. The predicted molar refractivity (Wildman–Crippen MR) is 271 cm³/mol. The SMILES string of the molecule is c1ccc2cc(-c3ccc(N(c4ccc(-c5ccc(-c6ccc(-c7cccc8ccccc78)cc6)cc5)cc4)c4ccc(-c5cccc6c5oc5ccccc56)cc4)cc3)ccc2c1. The van der Waals surface area contributed by atoms with Crippen LogP contribution >= 0.6 is 0 Å². The van der Waals surface area contributed by atoms with E-state index in [0.717, 1.165) is 50.1 Å². The average molecular weight is 816 g/mol. The van der Waals surface area contributed by atoms with Crippen LogP contribution in [0.4, 0.5) is 17.1 Å². The second-order valence-electron chi connectivity index (χ2n) is 16.5. The summed E-state index contributed by atoms with van der Waals surface area (Å²) in [4.78, 5) is 2.34. The maximum atomic E-state index is 6.42. The van der Waals surface area contributed by atoms with E-state index in [4.69, 9.17) is 4.42 Å². The molecule has 1 heterocycles. The summed E-state index contributed by atoms with van der Waals surface area (Å²) in [6, 6.07) is 89.6. The third kappa shape index (κ3) is 6.79. The van der Waals surface area contributed by atoms with E-state index in [1.807, 2.05) is 12.1 Å². The standard InChI is InChI=1S/C62H41NO/c1-2-11-51-41-52(28-25-42(51)9-1)47-31-37-54(38-32-47)63(55-39-33-50(34-40-55)58-16-8-17-60-59-14-5-6-18-61(59)64-62(58)60)53-35-29-46(30-36-53)44-21-19-43(20-22-44)45-23-26-49(27-24-45)57-15-7-12-48-10-3-4-13-56(48)57/h1-41H. The lowest BCUT2D eigenvalue weighted by molar-refractivity contribution is 0.670. The summed E-state index contributed by atoms with van der Waals surface area (Å²) in [6.45, 7) is 0. The van der Waals surface area contributed by atoms with E-state index in [9.17, 15) is 0 Å². The molecule has 64 heavy (non-hydrogen) atoms. The second-order valence-corrected chi connectivity index (χ2v) is 16.5. The smallest absolute Gasteiger partial charge is 0.143 e. The zero-order chi connectivity index (χ0) is 42.4. The minimum absolute atomic E-state index is 0.905. The zero-order valence-electron chi connectivity index (χ0n) is 35.0. The van der Waals surface area contributed by atoms with Gasteiger partial charge in [0, 0.05) is 33.4 Å². The lowest BCUT2D eigenvalue weighted by Gasteiger charge is -2.26. The average Bonchev–Trinajstić information content (AvgIpc) is 3.76. The number of hydrogen-bond donors (Lipinski definition) is 0. The highest BCUT2D eigenvalue weighted by molar-refractivity contribution is 6.09. The molecule has 2 nitrogen and oxygen atoms in total. The zero-order valence-corrected chi connectivity index (χ0v) is 35.0. The van der Waals surface area contributed by atoms with Crippen molar-refractivity contribution in [3.8, 4) is 55.6 Å². The van der Waals surface area contributed by atoms with Crippen LogP contribution in [-0.2, 0) is 0 Å². The van der Waals surface area contributed by atoms with Crippen LogP contribution in [0, 0.1) is 0 Å². The molecule has 0 aliphatic rings. The van der Waals surface area contributed by atoms with Crippen molar-refractivity contribution in [1.82, 2.24) is 0 Å². The van der Waals surface area contributed by atoms with Crippen LogP contribution in [0.5, 0.6) is 0 Å². The third-order valence-corrected chi connectivity index (χ3v) is 12.7. The second kappa shape index (κ2) is 15.8. The monoisotopic (exact) mass is 815 g/mol. The number of furan rings is 1. The van der Waals surface area contributed by atoms with Gasteiger partial charge in [0.2, 0.25) is 0 Å². The Morgan fingerprint density at radius 3 is 1.30 bits per heavy atom. The molecule has 12 aromatic rings. The lowest BCUT2D eigenvalue weighted by atomic mass is 9.95. The molecule has 0 aliphatic heterocycles. The van der Waals surface area contributed by atoms with Gasteiger partial charge in [0.15, 0.2) is 0 Å². The number of rotatable bonds is 8. The van der Waals surface area contributed by atoms with Gasteiger partial charge in [0.1, 0.15) is 11.2 Å². The minimum atomic E-state index is 0.905. The number of fused-ring (bicyclic) bond motifs is 5. The van der Waals surface area contributed by atoms with Gasteiger partial charge in [-0.05, 0) is 120 Å². The molecule has 0 spiro atoms. The van der Waals surface area contributed by atoms with E-state index < -0.39 is 0 Å². The Hall–Kier alpha value is -8.46. The van der Waals surface area contributed by atoms with Crippen LogP contribution in [0.15, 0.2) is 253 Å². The lowest BCUT2D eigenvalue weighted by Crippen LogP contribution is -2.09. The van der Waals surface area contributed by atoms with Crippen molar-refractivity contribution in [2.24, 2.45) is 0 Å². The van der Waals surface area contributed by atoms with Gasteiger partial charge in [-0.2, -0.15) is 0 Å². The molecular formula is C62H41NO. The number of benzene rings is 11. The normalized spacial score (nSPS) is 11.4. The summed E-state index contributed by atoms with van der Waals surface area (Å²) >= 11 is 0. The molecule has 300 valence electrons. The Kier molecular flexibility index (Phi) is 9.20. The Morgan fingerprint density at radius 1 is 0.250 bits per heavy atom. The van der Waals surface area contributed by atoms with E-state index in [1.54, 1.807) is 0 Å². The fourth-order valence-electron chi connectivity index (χ4n) is 9.36. The first-order valence-electron chi connectivity index (χ1n) is 21.9. The maximum absolute atomic E-state index is 6.42. The molecule has 0 atom stereocenters. The molecule has 0 N–H and O–H groups in total. The van der Waals surface area contributed by atoms with Crippen LogP contribution < -0.4 is 4.90 Å². The van der Waals surface area contributed by atoms with Crippen LogP contribution in [0.1, 0.15) is 0 Å². The van der Waals surface area contributed by atoms with E-state index in [-0.39, 0.29) is 0 Å². The molecule has 0 amide bonds. The molecule has 12 rings (SSSR count). The molecule has 0 saturated carbocycles.